The van der Waals surface area contributed by atoms with Gasteiger partial charge in [0.05, 0.1) is 6.04 Å². The van der Waals surface area contributed by atoms with Gasteiger partial charge < -0.3 is 14.7 Å². The highest BCUT2D eigenvalue weighted by Gasteiger charge is 2.32. The van der Waals surface area contributed by atoms with Crippen LogP contribution < -0.4 is 0 Å². The van der Waals surface area contributed by atoms with Gasteiger partial charge in [-0.1, -0.05) is 24.3 Å². The van der Waals surface area contributed by atoms with Gasteiger partial charge in [0.25, 0.3) is 0 Å². The van der Waals surface area contributed by atoms with Crippen LogP contribution in [0.4, 0.5) is 4.79 Å². The summed E-state index contributed by atoms with van der Waals surface area (Å²) >= 11 is 0. The molecule has 1 saturated heterocycles. The van der Waals surface area contributed by atoms with Gasteiger partial charge in [0.2, 0.25) is 0 Å². The first-order valence-electron chi connectivity index (χ1n) is 7.60. The lowest BCUT2D eigenvalue weighted by Crippen LogP contribution is -2.36. The van der Waals surface area contributed by atoms with Crippen LogP contribution in [0.25, 0.3) is 0 Å². The third kappa shape index (κ3) is 4.21. The number of amides is 1. The molecule has 1 aliphatic rings. The molecule has 0 bridgehead atoms. The molecule has 1 atom stereocenters. The smallest absolute Gasteiger partial charge is 0.410 e. The second-order valence-electron chi connectivity index (χ2n) is 6.55. The molecule has 1 fully saturated rings. The van der Waals surface area contributed by atoms with Crippen LogP contribution >= 0.6 is 0 Å². The third-order valence-corrected chi connectivity index (χ3v) is 3.65. The Bertz CT molecular complexity index is 476. The molecule has 0 spiro atoms. The number of likely N-dealkylation sites (tertiary alicyclic amines) is 1. The molecule has 1 aliphatic heterocycles. The number of hydrogen-bond acceptors (Lipinski definition) is 3. The summed E-state index contributed by atoms with van der Waals surface area (Å²) in [4.78, 5) is 14.1. The van der Waals surface area contributed by atoms with Gasteiger partial charge in [-0.3, -0.25) is 0 Å². The van der Waals surface area contributed by atoms with E-state index in [1.54, 1.807) is 0 Å². The maximum absolute atomic E-state index is 12.3. The van der Waals surface area contributed by atoms with Crippen molar-refractivity contribution in [2.75, 3.05) is 13.2 Å². The van der Waals surface area contributed by atoms with Gasteiger partial charge in [-0.2, -0.15) is 0 Å². The monoisotopic (exact) mass is 291 g/mol. The molecule has 0 radical (unpaired) electrons. The van der Waals surface area contributed by atoms with Gasteiger partial charge in [0.15, 0.2) is 0 Å². The number of carbonyl (C=O) groups excluding carboxylic acids is 1. The fourth-order valence-corrected chi connectivity index (χ4v) is 2.69. The summed E-state index contributed by atoms with van der Waals surface area (Å²) in [6, 6.07) is 8.26. The molecule has 4 nitrogen and oxygen atoms in total. The molecule has 2 rings (SSSR count). The van der Waals surface area contributed by atoms with Crippen molar-refractivity contribution in [3.05, 3.63) is 35.4 Å². The molecule has 1 amide bonds. The van der Waals surface area contributed by atoms with Gasteiger partial charge in [0.1, 0.15) is 5.60 Å². The quantitative estimate of drug-likeness (QED) is 0.929. The average molecular weight is 291 g/mol. The Hall–Kier alpha value is -1.55. The lowest BCUT2D eigenvalue weighted by molar-refractivity contribution is 0.0224. The summed E-state index contributed by atoms with van der Waals surface area (Å²) < 4.78 is 5.49. The van der Waals surface area contributed by atoms with E-state index >= 15 is 0 Å². The van der Waals surface area contributed by atoms with Crippen LogP contribution in [0, 0.1) is 0 Å². The molecule has 0 aromatic heterocycles. The molecule has 116 valence electrons. The molecule has 1 heterocycles. The predicted molar refractivity (Wildman–Crippen MR) is 82.1 cm³/mol. The number of aliphatic hydroxyl groups is 1. The zero-order valence-electron chi connectivity index (χ0n) is 13.1. The Morgan fingerprint density at radius 2 is 2.00 bits per heavy atom. The predicted octanol–water partition coefficient (Wildman–Crippen LogP) is 3.29. The van der Waals surface area contributed by atoms with Crippen molar-refractivity contribution < 1.29 is 14.6 Å². The molecule has 1 unspecified atom stereocenters. The van der Waals surface area contributed by atoms with Crippen molar-refractivity contribution in [2.24, 2.45) is 0 Å². The summed E-state index contributed by atoms with van der Waals surface area (Å²) in [6.45, 7) is 6.57. The fraction of sp³-hybridized carbons (Fsp3) is 0.588. The van der Waals surface area contributed by atoms with Crippen LogP contribution in [0.3, 0.4) is 0 Å². The fourth-order valence-electron chi connectivity index (χ4n) is 2.69. The zero-order chi connectivity index (χ0) is 15.5. The molecule has 4 heteroatoms. The lowest BCUT2D eigenvalue weighted by Gasteiger charge is -2.29. The molecule has 1 N–H and O–H groups in total. The van der Waals surface area contributed by atoms with Gasteiger partial charge in [-0.15, -0.1) is 0 Å². The first kappa shape index (κ1) is 15.8. The Balaban J connectivity index is 2.09. The van der Waals surface area contributed by atoms with E-state index in [1.165, 1.54) is 0 Å². The van der Waals surface area contributed by atoms with E-state index in [1.807, 2.05) is 37.8 Å². The number of benzene rings is 1. The van der Waals surface area contributed by atoms with E-state index in [9.17, 15) is 4.79 Å². The Morgan fingerprint density at radius 1 is 1.33 bits per heavy atom. The number of aliphatic hydroxyl groups excluding tert-OH is 1. The van der Waals surface area contributed by atoms with E-state index in [0.717, 1.165) is 30.5 Å². The van der Waals surface area contributed by atoms with Crippen LogP contribution in [0.2, 0.25) is 0 Å². The first-order chi connectivity index (χ1) is 9.90. The van der Waals surface area contributed by atoms with Crippen LogP contribution in [0.5, 0.6) is 0 Å². The highest BCUT2D eigenvalue weighted by atomic mass is 16.6. The topological polar surface area (TPSA) is 49.8 Å². The minimum absolute atomic E-state index is 0.100. The molecule has 1 aromatic carbocycles. The van der Waals surface area contributed by atoms with Crippen LogP contribution in [0.1, 0.15) is 50.8 Å². The van der Waals surface area contributed by atoms with Gasteiger partial charge in [-0.05, 0) is 51.2 Å². The van der Waals surface area contributed by atoms with Crippen LogP contribution in [-0.2, 0) is 11.2 Å². The highest BCUT2D eigenvalue weighted by Crippen LogP contribution is 2.33. The number of nitrogens with zero attached hydrogens (tertiary/aromatic N) is 1. The maximum atomic E-state index is 12.3. The van der Waals surface area contributed by atoms with E-state index < -0.39 is 5.60 Å². The number of carbonyl (C=O) groups is 1. The van der Waals surface area contributed by atoms with Gasteiger partial charge >= 0.3 is 6.09 Å². The van der Waals surface area contributed by atoms with Crippen molar-refractivity contribution in [1.82, 2.24) is 4.90 Å². The summed E-state index contributed by atoms with van der Waals surface area (Å²) in [6.07, 6.45) is 2.41. The second kappa shape index (κ2) is 6.48. The summed E-state index contributed by atoms with van der Waals surface area (Å²) in [7, 11) is 0. The summed E-state index contributed by atoms with van der Waals surface area (Å²) in [5.41, 5.74) is 1.79. The van der Waals surface area contributed by atoms with E-state index in [4.69, 9.17) is 9.84 Å². The lowest BCUT2D eigenvalue weighted by atomic mass is 10.0. The molecular formula is C17H25NO3. The SMILES string of the molecule is CC(C)(C)OC(=O)N1CCCC1c1ccc(CCO)cc1. The molecule has 0 aliphatic carbocycles. The highest BCUT2D eigenvalue weighted by molar-refractivity contribution is 5.69. The maximum Gasteiger partial charge on any atom is 0.410 e. The Morgan fingerprint density at radius 3 is 2.57 bits per heavy atom. The zero-order valence-corrected chi connectivity index (χ0v) is 13.1. The van der Waals surface area contributed by atoms with Crippen molar-refractivity contribution in [3.8, 4) is 0 Å². The van der Waals surface area contributed by atoms with Crippen molar-refractivity contribution in [2.45, 2.75) is 51.7 Å². The van der Waals surface area contributed by atoms with E-state index in [0.29, 0.717) is 6.42 Å². The summed E-state index contributed by atoms with van der Waals surface area (Å²) in [5.74, 6) is 0. The Kier molecular flexibility index (Phi) is 4.88. The molecule has 21 heavy (non-hydrogen) atoms. The minimum atomic E-state index is -0.463. The molecule has 0 saturated carbocycles. The van der Waals surface area contributed by atoms with E-state index in [2.05, 4.69) is 12.1 Å². The third-order valence-electron chi connectivity index (χ3n) is 3.65. The average Bonchev–Trinajstić information content (AvgIpc) is 2.87. The van der Waals surface area contributed by atoms with Gasteiger partial charge in [0, 0.05) is 13.2 Å². The minimum Gasteiger partial charge on any atom is -0.444 e. The van der Waals surface area contributed by atoms with Crippen molar-refractivity contribution in [3.63, 3.8) is 0 Å². The second-order valence-corrected chi connectivity index (χ2v) is 6.55. The van der Waals surface area contributed by atoms with Crippen molar-refractivity contribution >= 4 is 6.09 Å². The molecular weight excluding hydrogens is 266 g/mol. The standard InChI is InChI=1S/C17H25NO3/c1-17(2,3)21-16(20)18-11-4-5-15(18)14-8-6-13(7-9-14)10-12-19/h6-9,15,19H,4-5,10-12H2,1-3H3. The first-order valence-corrected chi connectivity index (χ1v) is 7.60. The van der Waals surface area contributed by atoms with Gasteiger partial charge in [-0.25, -0.2) is 4.79 Å². The molecule has 1 aromatic rings. The van der Waals surface area contributed by atoms with Crippen LogP contribution in [0.15, 0.2) is 24.3 Å². The van der Waals surface area contributed by atoms with E-state index in [-0.39, 0.29) is 18.7 Å². The summed E-state index contributed by atoms with van der Waals surface area (Å²) in [5, 5.41) is 8.95. The normalized spacial score (nSPS) is 18.9. The number of ether oxygens (including phenoxy) is 1. The Labute approximate surface area is 126 Å². The number of rotatable bonds is 3. The van der Waals surface area contributed by atoms with Crippen molar-refractivity contribution in [1.29, 1.82) is 0 Å². The largest absolute Gasteiger partial charge is 0.444 e. The number of hydrogen-bond donors (Lipinski definition) is 1. The van der Waals surface area contributed by atoms with Crippen LogP contribution in [-0.4, -0.2) is 34.9 Å².